The first kappa shape index (κ1) is 13.8. The molecule has 0 N–H and O–H groups in total. The highest BCUT2D eigenvalue weighted by atomic mass is 16.5. The Morgan fingerprint density at radius 3 is 2.78 bits per heavy atom. The summed E-state index contributed by atoms with van der Waals surface area (Å²) in [6, 6.07) is 7.50. The van der Waals surface area contributed by atoms with Gasteiger partial charge in [0.25, 0.3) is 0 Å². The van der Waals surface area contributed by atoms with Gasteiger partial charge in [-0.15, -0.1) is 0 Å². The molecule has 0 radical (unpaired) electrons. The fourth-order valence-corrected chi connectivity index (χ4v) is 2.41. The molecular weight excluding hydrogens is 294 g/mol. The van der Waals surface area contributed by atoms with Crippen LogP contribution in [0.1, 0.15) is 19.6 Å². The van der Waals surface area contributed by atoms with E-state index >= 15 is 0 Å². The molecular formula is C16H19N5O2. The number of benzene rings is 1. The maximum atomic E-state index is 12.1. The van der Waals surface area contributed by atoms with Crippen LogP contribution in [0.5, 0.6) is 5.75 Å². The molecule has 0 aliphatic rings. The smallest absolute Gasteiger partial charge is 0.368 e. The molecule has 0 saturated heterocycles. The molecule has 0 aliphatic carbocycles. The molecule has 0 aliphatic heterocycles. The molecule has 2 aromatic heterocycles. The van der Waals surface area contributed by atoms with Gasteiger partial charge < -0.3 is 9.30 Å². The third kappa shape index (κ3) is 2.77. The van der Waals surface area contributed by atoms with E-state index in [1.807, 2.05) is 30.7 Å². The normalized spacial score (nSPS) is 11.5. The van der Waals surface area contributed by atoms with Gasteiger partial charge in [0.2, 0.25) is 0 Å². The Balaban J connectivity index is 1.94. The Kier molecular flexibility index (Phi) is 3.67. The SMILES string of the molecule is [3H]c1ccc(OCc2c(-n3nnn(C)c3=O)ccn2CC)c(C)c1. The van der Waals surface area contributed by atoms with Crippen molar-refractivity contribution in [1.82, 2.24) is 24.4 Å². The molecule has 0 atom stereocenters. The Morgan fingerprint density at radius 2 is 2.13 bits per heavy atom. The van der Waals surface area contributed by atoms with Crippen LogP contribution in [0.3, 0.4) is 0 Å². The van der Waals surface area contributed by atoms with Crippen LogP contribution in [-0.2, 0) is 20.2 Å². The van der Waals surface area contributed by atoms with Crippen molar-refractivity contribution in [3.8, 4) is 11.4 Å². The standard InChI is InChI=1S/C16H19N5O2/c1-4-20-10-9-13(21-16(22)19(3)17-18-21)14(20)11-23-15-8-6-5-7-12(15)2/h5-10H,4,11H2,1-3H3/i5T. The van der Waals surface area contributed by atoms with Crippen LogP contribution in [0.25, 0.3) is 5.69 Å². The van der Waals surface area contributed by atoms with Crippen LogP contribution in [0, 0.1) is 6.92 Å². The second kappa shape index (κ2) is 6.12. The lowest BCUT2D eigenvalue weighted by atomic mass is 10.2. The van der Waals surface area contributed by atoms with E-state index in [9.17, 15) is 4.79 Å². The number of hydrogen-bond acceptors (Lipinski definition) is 4. The maximum absolute atomic E-state index is 12.1. The van der Waals surface area contributed by atoms with Crippen molar-refractivity contribution >= 4 is 0 Å². The Morgan fingerprint density at radius 1 is 1.30 bits per heavy atom. The lowest BCUT2D eigenvalue weighted by Gasteiger charge is -2.12. The zero-order valence-electron chi connectivity index (χ0n) is 14.4. The van der Waals surface area contributed by atoms with Gasteiger partial charge in [-0.3, -0.25) is 0 Å². The molecule has 0 spiro atoms. The summed E-state index contributed by atoms with van der Waals surface area (Å²) in [5.74, 6) is 0.715. The second-order valence-electron chi connectivity index (χ2n) is 5.21. The first-order chi connectivity index (χ1) is 11.5. The van der Waals surface area contributed by atoms with Gasteiger partial charge in [-0.1, -0.05) is 18.2 Å². The Labute approximate surface area is 135 Å². The number of ether oxygens (including phenoxy) is 1. The highest BCUT2D eigenvalue weighted by Crippen LogP contribution is 2.21. The van der Waals surface area contributed by atoms with Gasteiger partial charge >= 0.3 is 5.69 Å². The first-order valence-electron chi connectivity index (χ1n) is 7.88. The number of nitrogens with zero attached hydrogens (tertiary/aromatic N) is 5. The minimum Gasteiger partial charge on any atom is -0.487 e. The van der Waals surface area contributed by atoms with Crippen LogP contribution in [0.15, 0.2) is 41.3 Å². The highest BCUT2D eigenvalue weighted by Gasteiger charge is 2.15. The molecule has 3 rings (SSSR count). The summed E-state index contributed by atoms with van der Waals surface area (Å²) in [5, 5.41) is 7.66. The van der Waals surface area contributed by atoms with Crippen molar-refractivity contribution in [2.75, 3.05) is 0 Å². The molecule has 7 heteroatoms. The summed E-state index contributed by atoms with van der Waals surface area (Å²) in [6.45, 7) is 4.96. The minimum atomic E-state index is -0.306. The third-order valence-electron chi connectivity index (χ3n) is 3.73. The number of rotatable bonds is 5. The van der Waals surface area contributed by atoms with Crippen molar-refractivity contribution < 1.29 is 6.11 Å². The Hall–Kier alpha value is -2.83. The number of tetrazole rings is 1. The predicted molar refractivity (Wildman–Crippen MR) is 85.8 cm³/mol. The summed E-state index contributed by atoms with van der Waals surface area (Å²) < 4.78 is 18.0. The van der Waals surface area contributed by atoms with Gasteiger partial charge in [0.1, 0.15) is 12.4 Å². The molecule has 3 aromatic rings. The highest BCUT2D eigenvalue weighted by molar-refractivity contribution is 5.38. The maximum Gasteiger partial charge on any atom is 0.368 e. The van der Waals surface area contributed by atoms with E-state index in [4.69, 9.17) is 6.11 Å². The van der Waals surface area contributed by atoms with Crippen molar-refractivity contribution in [2.24, 2.45) is 7.05 Å². The van der Waals surface area contributed by atoms with Crippen molar-refractivity contribution in [3.63, 3.8) is 0 Å². The monoisotopic (exact) mass is 315 g/mol. The Bertz CT molecular complexity index is 925. The van der Waals surface area contributed by atoms with Crippen LogP contribution in [0.2, 0.25) is 0 Å². The van der Waals surface area contributed by atoms with Crippen LogP contribution in [0.4, 0.5) is 0 Å². The van der Waals surface area contributed by atoms with E-state index in [1.165, 1.54) is 9.36 Å². The topological polar surface area (TPSA) is 66.9 Å². The second-order valence-corrected chi connectivity index (χ2v) is 5.21. The molecule has 1 aromatic carbocycles. The number of hydrogen-bond donors (Lipinski definition) is 0. The van der Waals surface area contributed by atoms with Gasteiger partial charge in [0.05, 0.1) is 12.8 Å². The minimum absolute atomic E-state index is 0.289. The molecule has 0 amide bonds. The van der Waals surface area contributed by atoms with E-state index in [0.29, 0.717) is 17.5 Å². The van der Waals surface area contributed by atoms with Gasteiger partial charge in [-0.2, -0.15) is 9.36 Å². The average Bonchev–Trinajstić information content (AvgIpc) is 3.10. The molecule has 0 fully saturated rings. The van der Waals surface area contributed by atoms with Crippen molar-refractivity contribution in [3.05, 3.63) is 58.2 Å². The predicted octanol–water partition coefficient (Wildman–Crippen LogP) is 1.67. The molecule has 2 heterocycles. The average molecular weight is 315 g/mol. The lowest BCUT2D eigenvalue weighted by molar-refractivity contribution is 0.292. The van der Waals surface area contributed by atoms with E-state index in [-0.39, 0.29) is 12.3 Å². The van der Waals surface area contributed by atoms with Crippen LogP contribution in [-0.4, -0.2) is 24.4 Å². The zero-order valence-corrected chi connectivity index (χ0v) is 13.4. The fourth-order valence-electron chi connectivity index (χ4n) is 2.41. The quantitative estimate of drug-likeness (QED) is 0.718. The summed E-state index contributed by atoms with van der Waals surface area (Å²) in [5.41, 5.74) is 2.09. The number of aryl methyl sites for hydroxylation is 3. The fraction of sp³-hybridized carbons (Fsp3) is 0.312. The van der Waals surface area contributed by atoms with Crippen molar-refractivity contribution in [1.29, 1.82) is 0 Å². The molecule has 120 valence electrons. The molecule has 0 bridgehead atoms. The van der Waals surface area contributed by atoms with Crippen LogP contribution >= 0.6 is 0 Å². The summed E-state index contributed by atoms with van der Waals surface area (Å²) >= 11 is 0. The number of aromatic nitrogens is 5. The molecule has 7 nitrogen and oxygen atoms in total. The van der Waals surface area contributed by atoms with Crippen LogP contribution < -0.4 is 10.4 Å². The molecule has 0 unspecified atom stereocenters. The third-order valence-corrected chi connectivity index (χ3v) is 3.73. The largest absolute Gasteiger partial charge is 0.487 e. The lowest BCUT2D eigenvalue weighted by Crippen LogP contribution is -2.23. The molecule has 23 heavy (non-hydrogen) atoms. The van der Waals surface area contributed by atoms with Gasteiger partial charge in [-0.05, 0) is 42.0 Å². The van der Waals surface area contributed by atoms with E-state index < -0.39 is 0 Å². The van der Waals surface area contributed by atoms with E-state index in [1.54, 1.807) is 25.2 Å². The summed E-state index contributed by atoms with van der Waals surface area (Å²) in [4.78, 5) is 12.1. The van der Waals surface area contributed by atoms with Gasteiger partial charge in [0.15, 0.2) is 0 Å². The van der Waals surface area contributed by atoms with E-state index in [0.717, 1.165) is 17.8 Å². The zero-order chi connectivity index (χ0) is 17.3. The van der Waals surface area contributed by atoms with Gasteiger partial charge in [-0.25, -0.2) is 4.79 Å². The summed E-state index contributed by atoms with van der Waals surface area (Å²) in [6.07, 6.45) is 1.90. The first-order valence-corrected chi connectivity index (χ1v) is 7.38. The van der Waals surface area contributed by atoms with E-state index in [2.05, 4.69) is 10.4 Å². The number of para-hydroxylation sites is 1. The molecule has 0 saturated carbocycles. The van der Waals surface area contributed by atoms with Gasteiger partial charge in [0, 0.05) is 19.8 Å². The summed E-state index contributed by atoms with van der Waals surface area (Å²) in [7, 11) is 1.56. The van der Waals surface area contributed by atoms with Crippen molar-refractivity contribution in [2.45, 2.75) is 27.0 Å².